The molecule has 1 unspecified atom stereocenters. The first kappa shape index (κ1) is 10.8. The Hall–Kier alpha value is 0.270. The van der Waals surface area contributed by atoms with E-state index in [4.69, 9.17) is 5.73 Å². The first-order valence-corrected chi connectivity index (χ1v) is 6.89. The van der Waals surface area contributed by atoms with Crippen LogP contribution >= 0.6 is 11.8 Å². The third-order valence-electron chi connectivity index (χ3n) is 3.96. The second-order valence-electron chi connectivity index (χ2n) is 4.99. The van der Waals surface area contributed by atoms with Gasteiger partial charge in [0.1, 0.15) is 0 Å². The van der Waals surface area contributed by atoms with Crippen molar-refractivity contribution in [1.29, 1.82) is 0 Å². The number of nitrogens with two attached hydrogens (primary N) is 1. The Balaban J connectivity index is 1.83. The molecular weight excluding hydrogens is 192 g/mol. The zero-order chi connectivity index (χ0) is 10.0. The average molecular weight is 214 g/mol. The van der Waals surface area contributed by atoms with Crippen molar-refractivity contribution >= 4 is 11.8 Å². The molecule has 1 aliphatic carbocycles. The summed E-state index contributed by atoms with van der Waals surface area (Å²) in [5, 5.41) is 0. The summed E-state index contributed by atoms with van der Waals surface area (Å²) in [6.07, 6.45) is 5.48. The minimum absolute atomic E-state index is 0.488. The quantitative estimate of drug-likeness (QED) is 0.770. The van der Waals surface area contributed by atoms with Crippen LogP contribution in [0.5, 0.6) is 0 Å². The lowest BCUT2D eigenvalue weighted by Gasteiger charge is -2.44. The van der Waals surface area contributed by atoms with Crippen LogP contribution in [0.15, 0.2) is 0 Å². The fourth-order valence-electron chi connectivity index (χ4n) is 2.63. The van der Waals surface area contributed by atoms with Crippen LogP contribution in [0, 0.1) is 5.41 Å². The summed E-state index contributed by atoms with van der Waals surface area (Å²) in [5.74, 6) is 2.68. The van der Waals surface area contributed by atoms with Crippen molar-refractivity contribution in [3.8, 4) is 0 Å². The minimum atomic E-state index is 0.488. The normalized spacial score (nSPS) is 30.6. The van der Waals surface area contributed by atoms with E-state index in [2.05, 4.69) is 23.7 Å². The molecule has 1 aliphatic heterocycles. The van der Waals surface area contributed by atoms with E-state index >= 15 is 0 Å². The summed E-state index contributed by atoms with van der Waals surface area (Å²) >= 11 is 2.10. The molecule has 1 heterocycles. The van der Waals surface area contributed by atoms with Crippen LogP contribution < -0.4 is 5.73 Å². The van der Waals surface area contributed by atoms with E-state index in [1.165, 1.54) is 43.7 Å². The van der Waals surface area contributed by atoms with Gasteiger partial charge in [-0.15, -0.1) is 0 Å². The third-order valence-corrected chi connectivity index (χ3v) is 5.11. The second kappa shape index (κ2) is 4.42. The van der Waals surface area contributed by atoms with E-state index in [1.54, 1.807) is 0 Å². The van der Waals surface area contributed by atoms with E-state index in [0.717, 1.165) is 12.6 Å². The first-order chi connectivity index (χ1) is 6.76. The van der Waals surface area contributed by atoms with Gasteiger partial charge in [0.05, 0.1) is 0 Å². The molecule has 2 rings (SSSR count). The van der Waals surface area contributed by atoms with Gasteiger partial charge in [-0.05, 0) is 44.0 Å². The highest BCUT2D eigenvalue weighted by Crippen LogP contribution is 2.41. The molecule has 2 N–H and O–H groups in total. The van der Waals surface area contributed by atoms with Crippen molar-refractivity contribution in [1.82, 2.24) is 4.90 Å². The summed E-state index contributed by atoms with van der Waals surface area (Å²) in [4.78, 5) is 2.56. The maximum absolute atomic E-state index is 5.88. The summed E-state index contributed by atoms with van der Waals surface area (Å²) < 4.78 is 0. The molecule has 0 aromatic carbocycles. The lowest BCUT2D eigenvalue weighted by atomic mass is 9.68. The molecule has 2 fully saturated rings. The molecule has 82 valence electrons. The first-order valence-electron chi connectivity index (χ1n) is 5.74. The Morgan fingerprint density at radius 3 is 2.71 bits per heavy atom. The van der Waals surface area contributed by atoms with E-state index in [9.17, 15) is 0 Å². The molecule has 0 aromatic heterocycles. The highest BCUT2D eigenvalue weighted by atomic mass is 32.2. The van der Waals surface area contributed by atoms with Gasteiger partial charge in [-0.1, -0.05) is 6.42 Å². The smallest absolute Gasteiger partial charge is 0.0191 e. The molecule has 1 saturated carbocycles. The standard InChI is InChI=1S/C11H22N2S/c1-13(10-3-6-14-7-10)9-11(8-12)4-2-5-11/h10H,2-9,12H2,1H3. The van der Waals surface area contributed by atoms with Crippen LogP contribution in [-0.2, 0) is 0 Å². The Morgan fingerprint density at radius 1 is 1.50 bits per heavy atom. The van der Waals surface area contributed by atoms with Crippen molar-refractivity contribution in [3.63, 3.8) is 0 Å². The van der Waals surface area contributed by atoms with E-state index in [0.29, 0.717) is 5.41 Å². The molecular formula is C11H22N2S. The zero-order valence-electron chi connectivity index (χ0n) is 9.17. The predicted octanol–water partition coefficient (Wildman–Crippen LogP) is 1.55. The van der Waals surface area contributed by atoms with Crippen LogP contribution in [0.1, 0.15) is 25.7 Å². The van der Waals surface area contributed by atoms with Gasteiger partial charge in [0.15, 0.2) is 0 Å². The van der Waals surface area contributed by atoms with Crippen LogP contribution in [0.25, 0.3) is 0 Å². The zero-order valence-corrected chi connectivity index (χ0v) is 9.98. The summed E-state index contributed by atoms with van der Waals surface area (Å²) in [5.41, 5.74) is 6.37. The largest absolute Gasteiger partial charge is 0.330 e. The SMILES string of the molecule is CN(CC1(CN)CCC1)C1CCSC1. The van der Waals surface area contributed by atoms with Crippen LogP contribution in [-0.4, -0.2) is 42.6 Å². The van der Waals surface area contributed by atoms with Crippen molar-refractivity contribution in [2.45, 2.75) is 31.7 Å². The van der Waals surface area contributed by atoms with Crippen molar-refractivity contribution < 1.29 is 0 Å². The Bertz CT molecular complexity index is 180. The van der Waals surface area contributed by atoms with Crippen molar-refractivity contribution in [2.24, 2.45) is 11.1 Å². The highest BCUT2D eigenvalue weighted by Gasteiger charge is 2.37. The van der Waals surface area contributed by atoms with Gasteiger partial charge in [-0.25, -0.2) is 0 Å². The Labute approximate surface area is 91.6 Å². The highest BCUT2D eigenvalue weighted by molar-refractivity contribution is 7.99. The van der Waals surface area contributed by atoms with Gasteiger partial charge in [0.2, 0.25) is 0 Å². The molecule has 0 spiro atoms. The summed E-state index contributed by atoms with van der Waals surface area (Å²) in [7, 11) is 2.28. The van der Waals surface area contributed by atoms with E-state index in [-0.39, 0.29) is 0 Å². The maximum Gasteiger partial charge on any atom is 0.0191 e. The van der Waals surface area contributed by atoms with Gasteiger partial charge in [-0.2, -0.15) is 11.8 Å². The van der Waals surface area contributed by atoms with Crippen molar-refractivity contribution in [2.75, 3.05) is 31.6 Å². The van der Waals surface area contributed by atoms with E-state index < -0.39 is 0 Å². The van der Waals surface area contributed by atoms with Crippen LogP contribution in [0.2, 0.25) is 0 Å². The molecule has 3 heteroatoms. The molecule has 1 atom stereocenters. The fraction of sp³-hybridized carbons (Fsp3) is 1.00. The monoisotopic (exact) mass is 214 g/mol. The number of rotatable bonds is 4. The van der Waals surface area contributed by atoms with E-state index in [1.807, 2.05) is 0 Å². The van der Waals surface area contributed by atoms with Gasteiger partial charge >= 0.3 is 0 Å². The number of hydrogen-bond acceptors (Lipinski definition) is 3. The van der Waals surface area contributed by atoms with Gasteiger partial charge in [0, 0.05) is 18.3 Å². The maximum atomic E-state index is 5.88. The molecule has 0 amide bonds. The average Bonchev–Trinajstić information content (AvgIpc) is 2.63. The second-order valence-corrected chi connectivity index (χ2v) is 6.14. The molecule has 14 heavy (non-hydrogen) atoms. The van der Waals surface area contributed by atoms with Gasteiger partial charge < -0.3 is 10.6 Å². The topological polar surface area (TPSA) is 29.3 Å². The molecule has 2 nitrogen and oxygen atoms in total. The number of thioether (sulfide) groups is 1. The van der Waals surface area contributed by atoms with Crippen molar-refractivity contribution in [3.05, 3.63) is 0 Å². The molecule has 2 aliphatic rings. The van der Waals surface area contributed by atoms with Gasteiger partial charge in [-0.3, -0.25) is 0 Å². The molecule has 0 bridgehead atoms. The van der Waals surface area contributed by atoms with Gasteiger partial charge in [0.25, 0.3) is 0 Å². The summed E-state index contributed by atoms with van der Waals surface area (Å²) in [6.45, 7) is 2.12. The van der Waals surface area contributed by atoms with Crippen LogP contribution in [0.4, 0.5) is 0 Å². The summed E-state index contributed by atoms with van der Waals surface area (Å²) in [6, 6.07) is 0.823. The third kappa shape index (κ3) is 2.10. The van der Waals surface area contributed by atoms with Crippen LogP contribution in [0.3, 0.4) is 0 Å². The predicted molar refractivity (Wildman–Crippen MR) is 63.7 cm³/mol. The fourth-order valence-corrected chi connectivity index (χ4v) is 3.93. The molecule has 0 aromatic rings. The Kier molecular flexibility index (Phi) is 3.40. The molecule has 0 radical (unpaired) electrons. The molecule has 1 saturated heterocycles. The lowest BCUT2D eigenvalue weighted by molar-refractivity contribution is 0.0720. The Morgan fingerprint density at radius 2 is 2.29 bits per heavy atom. The lowest BCUT2D eigenvalue weighted by Crippen LogP contribution is -2.48. The number of hydrogen-bond donors (Lipinski definition) is 1. The minimum Gasteiger partial charge on any atom is -0.330 e. The number of nitrogens with zero attached hydrogens (tertiary/aromatic N) is 1.